The van der Waals surface area contributed by atoms with Crippen LogP contribution in [0.15, 0.2) is 24.5 Å². The van der Waals surface area contributed by atoms with E-state index in [2.05, 4.69) is 21.3 Å². The van der Waals surface area contributed by atoms with Gasteiger partial charge in [-0.15, -0.1) is 0 Å². The van der Waals surface area contributed by atoms with Gasteiger partial charge in [0.2, 0.25) is 0 Å². The summed E-state index contributed by atoms with van der Waals surface area (Å²) in [6.07, 6.45) is 4.97. The van der Waals surface area contributed by atoms with Gasteiger partial charge in [0.05, 0.1) is 0 Å². The van der Waals surface area contributed by atoms with Crippen molar-refractivity contribution >= 4 is 0 Å². The molecule has 0 radical (unpaired) electrons. The lowest BCUT2D eigenvalue weighted by Crippen LogP contribution is -2.27. The molecule has 3 heteroatoms. The molecule has 16 heavy (non-hydrogen) atoms. The molecule has 1 aromatic heterocycles. The van der Waals surface area contributed by atoms with Crippen molar-refractivity contribution < 1.29 is 0 Å². The maximum absolute atomic E-state index is 4.16. The summed E-state index contributed by atoms with van der Waals surface area (Å²) in [5.41, 5.74) is 1.36. The molecule has 0 bridgehead atoms. The van der Waals surface area contributed by atoms with Gasteiger partial charge < -0.3 is 10.2 Å². The fourth-order valence-electron chi connectivity index (χ4n) is 2.97. The number of rotatable bonds is 3. The molecule has 86 valence electrons. The molecule has 0 aliphatic carbocycles. The molecule has 0 amide bonds. The minimum atomic E-state index is 0.911. The number of hydrogen-bond acceptors (Lipinski definition) is 3. The third-order valence-corrected chi connectivity index (χ3v) is 3.90. The lowest BCUT2D eigenvalue weighted by molar-refractivity contribution is 0.317. The maximum atomic E-state index is 4.16. The summed E-state index contributed by atoms with van der Waals surface area (Å²) in [6, 6.07) is 4.20. The van der Waals surface area contributed by atoms with Crippen LogP contribution in [0.25, 0.3) is 0 Å². The Hall–Kier alpha value is -0.930. The van der Waals surface area contributed by atoms with Crippen molar-refractivity contribution in [3.05, 3.63) is 30.1 Å². The zero-order valence-corrected chi connectivity index (χ0v) is 9.60. The Morgan fingerprint density at radius 3 is 2.81 bits per heavy atom. The summed E-state index contributed by atoms with van der Waals surface area (Å²) in [5.74, 6) is 1.82. The van der Waals surface area contributed by atoms with Crippen LogP contribution in [0.5, 0.6) is 0 Å². The predicted octanol–water partition coefficient (Wildman–Crippen LogP) is 0.775. The van der Waals surface area contributed by atoms with E-state index in [4.69, 9.17) is 0 Å². The second-order valence-electron chi connectivity index (χ2n) is 5.05. The van der Waals surface area contributed by atoms with Crippen molar-refractivity contribution in [1.82, 2.24) is 15.2 Å². The monoisotopic (exact) mass is 217 g/mol. The molecule has 0 saturated carbocycles. The number of pyridine rings is 1. The van der Waals surface area contributed by atoms with Crippen molar-refractivity contribution in [1.29, 1.82) is 0 Å². The van der Waals surface area contributed by atoms with Crippen LogP contribution in [-0.2, 0) is 6.42 Å². The molecular formula is C13H19N3. The molecule has 2 atom stereocenters. The van der Waals surface area contributed by atoms with Gasteiger partial charge in [-0.05, 0) is 43.0 Å². The molecule has 2 aliphatic heterocycles. The third-order valence-electron chi connectivity index (χ3n) is 3.90. The normalized spacial score (nSPS) is 29.5. The van der Waals surface area contributed by atoms with Gasteiger partial charge >= 0.3 is 0 Å². The van der Waals surface area contributed by atoms with Crippen molar-refractivity contribution in [3.63, 3.8) is 0 Å². The van der Waals surface area contributed by atoms with Gasteiger partial charge in [-0.3, -0.25) is 4.98 Å². The zero-order chi connectivity index (χ0) is 10.8. The quantitative estimate of drug-likeness (QED) is 0.811. The third kappa shape index (κ3) is 2.11. The van der Waals surface area contributed by atoms with E-state index in [9.17, 15) is 0 Å². The number of hydrogen-bond donors (Lipinski definition) is 1. The van der Waals surface area contributed by atoms with Crippen LogP contribution in [-0.4, -0.2) is 42.6 Å². The summed E-state index contributed by atoms with van der Waals surface area (Å²) >= 11 is 0. The zero-order valence-electron chi connectivity index (χ0n) is 9.60. The van der Waals surface area contributed by atoms with Crippen molar-refractivity contribution in [3.8, 4) is 0 Å². The summed E-state index contributed by atoms with van der Waals surface area (Å²) < 4.78 is 0. The minimum absolute atomic E-state index is 0.911. The van der Waals surface area contributed by atoms with Crippen LogP contribution in [0.1, 0.15) is 5.56 Å². The van der Waals surface area contributed by atoms with Crippen LogP contribution in [0, 0.1) is 11.8 Å². The summed E-state index contributed by atoms with van der Waals surface area (Å²) in [4.78, 5) is 6.77. The lowest BCUT2D eigenvalue weighted by atomic mass is 10.0. The first-order valence-electron chi connectivity index (χ1n) is 6.24. The highest BCUT2D eigenvalue weighted by molar-refractivity contribution is 5.09. The van der Waals surface area contributed by atoms with Gasteiger partial charge in [-0.1, -0.05) is 6.07 Å². The number of likely N-dealkylation sites (tertiary alicyclic amines) is 1. The summed E-state index contributed by atoms with van der Waals surface area (Å²) in [5, 5.41) is 3.48. The number of aromatic nitrogens is 1. The Bertz CT molecular complexity index is 326. The Morgan fingerprint density at radius 1 is 1.31 bits per heavy atom. The molecule has 3 nitrogen and oxygen atoms in total. The fraction of sp³-hybridized carbons (Fsp3) is 0.615. The molecule has 0 spiro atoms. The van der Waals surface area contributed by atoms with Crippen LogP contribution in [0.3, 0.4) is 0 Å². The highest BCUT2D eigenvalue weighted by atomic mass is 15.2. The van der Waals surface area contributed by atoms with Gasteiger partial charge in [-0.25, -0.2) is 0 Å². The highest BCUT2D eigenvalue weighted by Crippen LogP contribution is 2.26. The smallest absolute Gasteiger partial charge is 0.0300 e. The van der Waals surface area contributed by atoms with E-state index in [-0.39, 0.29) is 0 Å². The van der Waals surface area contributed by atoms with E-state index in [0.717, 1.165) is 18.3 Å². The Labute approximate surface area is 96.9 Å². The lowest BCUT2D eigenvalue weighted by Gasteiger charge is -2.16. The standard InChI is InChI=1S/C13H19N3/c1-2-11(6-14-4-1)3-5-16-9-12-7-15-8-13(12)10-16/h1-2,4,6,12-13,15H,3,5,7-10H2/t12-,13+. The van der Waals surface area contributed by atoms with Crippen molar-refractivity contribution in [2.45, 2.75) is 6.42 Å². The van der Waals surface area contributed by atoms with E-state index in [1.54, 1.807) is 0 Å². The van der Waals surface area contributed by atoms with Crippen LogP contribution >= 0.6 is 0 Å². The predicted molar refractivity (Wildman–Crippen MR) is 64.2 cm³/mol. The molecule has 1 N–H and O–H groups in total. The average Bonchev–Trinajstić information content (AvgIpc) is 2.88. The van der Waals surface area contributed by atoms with Gasteiger partial charge in [0.15, 0.2) is 0 Å². The van der Waals surface area contributed by atoms with Gasteiger partial charge in [0.25, 0.3) is 0 Å². The van der Waals surface area contributed by atoms with Crippen molar-refractivity contribution in [2.24, 2.45) is 11.8 Å². The minimum Gasteiger partial charge on any atom is -0.316 e. The molecule has 3 heterocycles. The van der Waals surface area contributed by atoms with E-state index in [1.807, 2.05) is 18.5 Å². The average molecular weight is 217 g/mol. The van der Waals surface area contributed by atoms with E-state index >= 15 is 0 Å². The molecule has 2 saturated heterocycles. The molecule has 0 aromatic carbocycles. The van der Waals surface area contributed by atoms with Crippen LogP contribution in [0.2, 0.25) is 0 Å². The Balaban J connectivity index is 1.50. The van der Waals surface area contributed by atoms with E-state index < -0.39 is 0 Å². The van der Waals surface area contributed by atoms with Gasteiger partial charge in [0.1, 0.15) is 0 Å². The molecule has 3 rings (SSSR count). The SMILES string of the molecule is c1cncc(CCN2C[C@H]3CNC[C@H]3C2)c1. The fourth-order valence-corrected chi connectivity index (χ4v) is 2.97. The summed E-state index contributed by atoms with van der Waals surface area (Å²) in [7, 11) is 0. The Morgan fingerprint density at radius 2 is 2.12 bits per heavy atom. The first-order valence-corrected chi connectivity index (χ1v) is 6.24. The van der Waals surface area contributed by atoms with Gasteiger partial charge in [-0.2, -0.15) is 0 Å². The molecule has 2 fully saturated rings. The second-order valence-corrected chi connectivity index (χ2v) is 5.05. The molecule has 0 unspecified atom stereocenters. The number of fused-ring (bicyclic) bond motifs is 1. The number of nitrogens with zero attached hydrogens (tertiary/aromatic N) is 2. The first-order chi connectivity index (χ1) is 7.92. The van der Waals surface area contributed by atoms with E-state index in [1.165, 1.54) is 38.3 Å². The maximum Gasteiger partial charge on any atom is 0.0300 e. The molecule has 2 aliphatic rings. The largest absolute Gasteiger partial charge is 0.316 e. The molecular weight excluding hydrogens is 198 g/mol. The van der Waals surface area contributed by atoms with Crippen LogP contribution < -0.4 is 5.32 Å². The molecule has 1 aromatic rings. The van der Waals surface area contributed by atoms with E-state index in [0.29, 0.717) is 0 Å². The first kappa shape index (κ1) is 10.2. The van der Waals surface area contributed by atoms with Crippen molar-refractivity contribution in [2.75, 3.05) is 32.7 Å². The topological polar surface area (TPSA) is 28.2 Å². The summed E-state index contributed by atoms with van der Waals surface area (Å²) in [6.45, 7) is 6.23. The van der Waals surface area contributed by atoms with Gasteiger partial charge in [0, 0.05) is 32.0 Å². The number of nitrogens with one attached hydrogen (secondary N) is 1. The van der Waals surface area contributed by atoms with Crippen LogP contribution in [0.4, 0.5) is 0 Å². The highest BCUT2D eigenvalue weighted by Gasteiger charge is 2.35. The second kappa shape index (κ2) is 4.52. The Kier molecular flexibility index (Phi) is 2.89.